The highest BCUT2D eigenvalue weighted by Gasteiger charge is 2.20. The number of nitrogens with zero attached hydrogens (tertiary/aromatic N) is 2. The van der Waals surface area contributed by atoms with Gasteiger partial charge in [-0.25, -0.2) is 9.97 Å². The highest BCUT2D eigenvalue weighted by Crippen LogP contribution is 2.13. The first-order valence-corrected chi connectivity index (χ1v) is 5.12. The second kappa shape index (κ2) is 4.37. The lowest BCUT2D eigenvalue weighted by molar-refractivity contribution is 0.388. The summed E-state index contributed by atoms with van der Waals surface area (Å²) in [6.45, 7) is 3.33. The summed E-state index contributed by atoms with van der Waals surface area (Å²) in [5.74, 6) is 0.917. The smallest absolute Gasteiger partial charge is 0.129 e. The maximum atomic E-state index is 4.16. The van der Waals surface area contributed by atoms with E-state index in [1.54, 1.807) is 12.5 Å². The van der Waals surface area contributed by atoms with Crippen molar-refractivity contribution >= 4 is 5.82 Å². The van der Waals surface area contributed by atoms with E-state index in [0.717, 1.165) is 12.4 Å². The Bertz CT molecular complexity index is 275. The first-order chi connectivity index (χ1) is 6.86. The molecule has 0 aromatic carbocycles. The van der Waals surface area contributed by atoms with Gasteiger partial charge in [-0.3, -0.25) is 0 Å². The van der Waals surface area contributed by atoms with Gasteiger partial charge in [0.1, 0.15) is 12.1 Å². The lowest BCUT2D eigenvalue weighted by atomic mass is 10.00. The third kappa shape index (κ3) is 2.20. The van der Waals surface area contributed by atoms with E-state index >= 15 is 0 Å². The number of hydrogen-bond donors (Lipinski definition) is 2. The molecule has 1 aliphatic heterocycles. The van der Waals surface area contributed by atoms with Crippen LogP contribution in [0.25, 0.3) is 0 Å². The number of aromatic nitrogens is 2. The van der Waals surface area contributed by atoms with Crippen LogP contribution in [0.15, 0.2) is 18.6 Å². The Labute approximate surface area is 84.2 Å². The molecule has 2 rings (SSSR count). The van der Waals surface area contributed by atoms with Crippen molar-refractivity contribution < 1.29 is 0 Å². The first-order valence-electron chi connectivity index (χ1n) is 5.12. The van der Waals surface area contributed by atoms with E-state index in [4.69, 9.17) is 0 Å². The molecule has 0 radical (unpaired) electrons. The van der Waals surface area contributed by atoms with E-state index in [-0.39, 0.29) is 0 Å². The van der Waals surface area contributed by atoms with Crippen LogP contribution in [0.4, 0.5) is 5.82 Å². The molecule has 14 heavy (non-hydrogen) atoms. The minimum absolute atomic E-state index is 0.485. The molecular formula is C10H16N4. The Kier molecular flexibility index (Phi) is 2.93. The van der Waals surface area contributed by atoms with Crippen molar-refractivity contribution in [3.63, 3.8) is 0 Å². The molecule has 0 aliphatic carbocycles. The third-order valence-corrected chi connectivity index (χ3v) is 2.68. The number of piperidine rings is 1. The molecule has 4 heteroatoms. The van der Waals surface area contributed by atoms with E-state index in [1.807, 2.05) is 6.07 Å². The van der Waals surface area contributed by atoms with E-state index in [0.29, 0.717) is 12.1 Å². The lowest BCUT2D eigenvalue weighted by Crippen LogP contribution is -2.46. The molecule has 1 aliphatic rings. The van der Waals surface area contributed by atoms with Gasteiger partial charge < -0.3 is 10.6 Å². The molecule has 0 bridgehead atoms. The number of hydrogen-bond acceptors (Lipinski definition) is 4. The summed E-state index contributed by atoms with van der Waals surface area (Å²) < 4.78 is 0. The molecule has 1 saturated heterocycles. The second-order valence-corrected chi connectivity index (χ2v) is 3.73. The quantitative estimate of drug-likeness (QED) is 0.734. The SMILES string of the molecule is CC1NCCCC1Nc1ccncn1. The van der Waals surface area contributed by atoms with Gasteiger partial charge in [0.05, 0.1) is 0 Å². The lowest BCUT2D eigenvalue weighted by Gasteiger charge is -2.30. The van der Waals surface area contributed by atoms with Crippen LogP contribution < -0.4 is 10.6 Å². The normalized spacial score (nSPS) is 27.2. The average molecular weight is 192 g/mol. The third-order valence-electron chi connectivity index (χ3n) is 2.68. The van der Waals surface area contributed by atoms with Gasteiger partial charge in [0, 0.05) is 18.3 Å². The zero-order chi connectivity index (χ0) is 9.80. The summed E-state index contributed by atoms with van der Waals surface area (Å²) in [5, 5.41) is 6.86. The monoisotopic (exact) mass is 192 g/mol. The minimum Gasteiger partial charge on any atom is -0.366 e. The molecule has 0 saturated carbocycles. The summed E-state index contributed by atoms with van der Waals surface area (Å²) in [4.78, 5) is 8.05. The predicted octanol–water partition coefficient (Wildman–Crippen LogP) is 1.03. The molecule has 1 aromatic heterocycles. The highest BCUT2D eigenvalue weighted by atomic mass is 15.1. The molecule has 2 N–H and O–H groups in total. The number of anilines is 1. The van der Waals surface area contributed by atoms with Gasteiger partial charge in [-0.05, 0) is 32.4 Å². The van der Waals surface area contributed by atoms with Crippen LogP contribution in [0.5, 0.6) is 0 Å². The minimum atomic E-state index is 0.485. The fourth-order valence-electron chi connectivity index (χ4n) is 1.81. The predicted molar refractivity (Wildman–Crippen MR) is 56.1 cm³/mol. The van der Waals surface area contributed by atoms with Gasteiger partial charge >= 0.3 is 0 Å². The van der Waals surface area contributed by atoms with Crippen molar-refractivity contribution in [1.29, 1.82) is 0 Å². The van der Waals surface area contributed by atoms with Gasteiger partial charge in [0.15, 0.2) is 0 Å². The van der Waals surface area contributed by atoms with Crippen LogP contribution in [-0.2, 0) is 0 Å². The van der Waals surface area contributed by atoms with Crippen molar-refractivity contribution in [1.82, 2.24) is 15.3 Å². The van der Waals surface area contributed by atoms with E-state index in [9.17, 15) is 0 Å². The molecule has 2 atom stereocenters. The van der Waals surface area contributed by atoms with Gasteiger partial charge in [0.2, 0.25) is 0 Å². The van der Waals surface area contributed by atoms with E-state index in [2.05, 4.69) is 27.5 Å². The molecule has 1 fully saturated rings. The van der Waals surface area contributed by atoms with E-state index in [1.165, 1.54) is 12.8 Å². The van der Waals surface area contributed by atoms with Gasteiger partial charge in [-0.15, -0.1) is 0 Å². The van der Waals surface area contributed by atoms with Crippen molar-refractivity contribution in [2.75, 3.05) is 11.9 Å². The molecule has 0 amide bonds. The number of rotatable bonds is 2. The van der Waals surface area contributed by atoms with Crippen LogP contribution in [0, 0.1) is 0 Å². The summed E-state index contributed by atoms with van der Waals surface area (Å²) >= 11 is 0. The Morgan fingerprint density at radius 3 is 3.21 bits per heavy atom. The second-order valence-electron chi connectivity index (χ2n) is 3.73. The fraction of sp³-hybridized carbons (Fsp3) is 0.600. The summed E-state index contributed by atoms with van der Waals surface area (Å²) in [7, 11) is 0. The highest BCUT2D eigenvalue weighted by molar-refractivity contribution is 5.33. The zero-order valence-corrected chi connectivity index (χ0v) is 8.40. The van der Waals surface area contributed by atoms with Crippen molar-refractivity contribution in [2.24, 2.45) is 0 Å². The first kappa shape index (κ1) is 9.40. The number of nitrogens with one attached hydrogen (secondary N) is 2. The Balaban J connectivity index is 1.96. The van der Waals surface area contributed by atoms with Crippen molar-refractivity contribution in [3.05, 3.63) is 18.6 Å². The Hall–Kier alpha value is -1.16. The molecule has 2 heterocycles. The van der Waals surface area contributed by atoms with Crippen molar-refractivity contribution in [2.45, 2.75) is 31.8 Å². The van der Waals surface area contributed by atoms with Crippen LogP contribution in [0.1, 0.15) is 19.8 Å². The topological polar surface area (TPSA) is 49.8 Å². The summed E-state index contributed by atoms with van der Waals surface area (Å²) in [6.07, 6.45) is 5.77. The van der Waals surface area contributed by atoms with Crippen molar-refractivity contribution in [3.8, 4) is 0 Å². The maximum Gasteiger partial charge on any atom is 0.129 e. The van der Waals surface area contributed by atoms with Crippen LogP contribution in [-0.4, -0.2) is 28.6 Å². The zero-order valence-electron chi connectivity index (χ0n) is 8.40. The largest absolute Gasteiger partial charge is 0.366 e. The molecule has 0 spiro atoms. The van der Waals surface area contributed by atoms with E-state index < -0.39 is 0 Å². The fourth-order valence-corrected chi connectivity index (χ4v) is 1.81. The van der Waals surface area contributed by atoms with Gasteiger partial charge in [-0.1, -0.05) is 0 Å². The van der Waals surface area contributed by atoms with Gasteiger partial charge in [0.25, 0.3) is 0 Å². The molecule has 76 valence electrons. The Morgan fingerprint density at radius 1 is 1.57 bits per heavy atom. The molecule has 1 aromatic rings. The Morgan fingerprint density at radius 2 is 2.50 bits per heavy atom. The van der Waals surface area contributed by atoms with Crippen LogP contribution in [0.3, 0.4) is 0 Å². The maximum absolute atomic E-state index is 4.16. The van der Waals surface area contributed by atoms with Crippen LogP contribution >= 0.6 is 0 Å². The summed E-state index contributed by atoms with van der Waals surface area (Å²) in [5.41, 5.74) is 0. The van der Waals surface area contributed by atoms with Crippen LogP contribution in [0.2, 0.25) is 0 Å². The summed E-state index contributed by atoms with van der Waals surface area (Å²) in [6, 6.07) is 2.90. The van der Waals surface area contributed by atoms with Gasteiger partial charge in [-0.2, -0.15) is 0 Å². The molecule has 4 nitrogen and oxygen atoms in total. The molecule has 2 unspecified atom stereocenters. The molecular weight excluding hydrogens is 176 g/mol. The standard InChI is InChI=1S/C10H16N4/c1-8-9(3-2-5-12-8)14-10-4-6-11-7-13-10/h4,6-9,12H,2-3,5H2,1H3,(H,11,13,14). The average Bonchev–Trinajstić information content (AvgIpc) is 2.23.